The number of hydrogen-bond donors (Lipinski definition) is 2. The van der Waals surface area contributed by atoms with E-state index in [0.717, 1.165) is 38.4 Å². The molecular weight excluding hydrogens is 248 g/mol. The van der Waals surface area contributed by atoms with Crippen LogP contribution < -0.4 is 11.1 Å². The largest absolute Gasteiger partial charge is 0.399 e. The number of hydrogen-bond acceptors (Lipinski definition) is 3. The summed E-state index contributed by atoms with van der Waals surface area (Å²) in [4.78, 5) is 2.51. The van der Waals surface area contributed by atoms with Crippen LogP contribution in [0.15, 0.2) is 24.4 Å². The van der Waals surface area contributed by atoms with E-state index in [1.807, 2.05) is 6.07 Å². The number of fused-ring (bicyclic) bond motifs is 1. The highest BCUT2D eigenvalue weighted by Gasteiger charge is 2.15. The molecule has 1 aromatic heterocycles. The standard InChI is InChI=1S/C16H24N4/c1-12(2)20-11-13(10-19-7-5-18-6-8-19)15-9-14(17)3-4-16(15)20/h3-4,9,11-12,18H,5-8,10,17H2,1-2H3. The van der Waals surface area contributed by atoms with Crippen molar-refractivity contribution in [3.8, 4) is 0 Å². The Balaban J connectivity index is 1.98. The van der Waals surface area contributed by atoms with Gasteiger partial charge in [-0.3, -0.25) is 4.90 Å². The Labute approximate surface area is 120 Å². The van der Waals surface area contributed by atoms with Gasteiger partial charge in [0.1, 0.15) is 0 Å². The molecule has 1 aliphatic heterocycles. The lowest BCUT2D eigenvalue weighted by Crippen LogP contribution is -2.42. The SMILES string of the molecule is CC(C)n1cc(CN2CCNCC2)c2cc(N)ccc21. The number of benzene rings is 1. The van der Waals surface area contributed by atoms with Gasteiger partial charge in [-0.05, 0) is 37.6 Å². The van der Waals surface area contributed by atoms with Crippen LogP contribution in [0.2, 0.25) is 0 Å². The van der Waals surface area contributed by atoms with Crippen molar-refractivity contribution in [3.05, 3.63) is 30.0 Å². The predicted octanol–water partition coefficient (Wildman–Crippen LogP) is 2.21. The third-order valence-electron chi connectivity index (χ3n) is 4.10. The first-order chi connectivity index (χ1) is 9.65. The molecule has 1 aromatic carbocycles. The summed E-state index contributed by atoms with van der Waals surface area (Å²) in [6.07, 6.45) is 2.30. The van der Waals surface area contributed by atoms with Crippen molar-refractivity contribution >= 4 is 16.6 Å². The Morgan fingerprint density at radius 3 is 2.70 bits per heavy atom. The van der Waals surface area contributed by atoms with Crippen molar-refractivity contribution in [1.29, 1.82) is 0 Å². The van der Waals surface area contributed by atoms with E-state index in [-0.39, 0.29) is 0 Å². The van der Waals surface area contributed by atoms with Crippen LogP contribution in [0.25, 0.3) is 10.9 Å². The van der Waals surface area contributed by atoms with Gasteiger partial charge in [-0.1, -0.05) is 0 Å². The van der Waals surface area contributed by atoms with Crippen molar-refractivity contribution < 1.29 is 0 Å². The molecule has 20 heavy (non-hydrogen) atoms. The Hall–Kier alpha value is -1.52. The molecule has 4 heteroatoms. The zero-order valence-electron chi connectivity index (χ0n) is 12.4. The number of rotatable bonds is 3. The van der Waals surface area contributed by atoms with E-state index in [1.165, 1.54) is 16.5 Å². The van der Waals surface area contributed by atoms with Gasteiger partial charge in [0, 0.05) is 61.6 Å². The molecule has 1 fully saturated rings. The Bertz CT molecular complexity index is 594. The van der Waals surface area contributed by atoms with Gasteiger partial charge in [-0.2, -0.15) is 0 Å². The van der Waals surface area contributed by atoms with Crippen molar-refractivity contribution in [3.63, 3.8) is 0 Å². The second-order valence-corrected chi connectivity index (χ2v) is 5.96. The molecule has 0 amide bonds. The van der Waals surface area contributed by atoms with E-state index >= 15 is 0 Å². The van der Waals surface area contributed by atoms with Gasteiger partial charge in [-0.15, -0.1) is 0 Å². The molecule has 0 unspecified atom stereocenters. The Kier molecular flexibility index (Phi) is 3.68. The number of aromatic nitrogens is 1. The molecule has 0 aliphatic carbocycles. The molecule has 1 saturated heterocycles. The van der Waals surface area contributed by atoms with Gasteiger partial charge in [0.05, 0.1) is 0 Å². The maximum atomic E-state index is 5.98. The van der Waals surface area contributed by atoms with Crippen molar-refractivity contribution in [1.82, 2.24) is 14.8 Å². The third kappa shape index (κ3) is 2.53. The summed E-state index contributed by atoms with van der Waals surface area (Å²) in [5.74, 6) is 0. The lowest BCUT2D eigenvalue weighted by molar-refractivity contribution is 0.234. The number of anilines is 1. The van der Waals surface area contributed by atoms with E-state index in [9.17, 15) is 0 Å². The topological polar surface area (TPSA) is 46.2 Å². The second kappa shape index (κ2) is 5.46. The van der Waals surface area contributed by atoms with Crippen molar-refractivity contribution in [2.75, 3.05) is 31.9 Å². The molecule has 1 aliphatic rings. The van der Waals surface area contributed by atoms with Crippen molar-refractivity contribution in [2.24, 2.45) is 0 Å². The molecule has 2 aromatic rings. The van der Waals surface area contributed by atoms with Crippen LogP contribution >= 0.6 is 0 Å². The number of piperazine rings is 1. The van der Waals surface area contributed by atoms with E-state index in [4.69, 9.17) is 5.73 Å². The average molecular weight is 272 g/mol. The fourth-order valence-electron chi connectivity index (χ4n) is 3.01. The number of nitrogens with one attached hydrogen (secondary N) is 1. The number of nitrogens with zero attached hydrogens (tertiary/aromatic N) is 2. The molecule has 0 saturated carbocycles. The quantitative estimate of drug-likeness (QED) is 0.842. The van der Waals surface area contributed by atoms with Crippen LogP contribution in [0.3, 0.4) is 0 Å². The maximum Gasteiger partial charge on any atom is 0.0487 e. The summed E-state index contributed by atoms with van der Waals surface area (Å²) in [7, 11) is 0. The van der Waals surface area contributed by atoms with E-state index in [0.29, 0.717) is 6.04 Å². The monoisotopic (exact) mass is 272 g/mol. The van der Waals surface area contributed by atoms with Gasteiger partial charge in [-0.25, -0.2) is 0 Å². The molecule has 2 heterocycles. The first kappa shape index (κ1) is 13.5. The third-order valence-corrected chi connectivity index (χ3v) is 4.10. The van der Waals surface area contributed by atoms with Crippen LogP contribution in [0.1, 0.15) is 25.5 Å². The van der Waals surface area contributed by atoms with Gasteiger partial charge in [0.25, 0.3) is 0 Å². The molecule has 0 atom stereocenters. The molecule has 3 N–H and O–H groups in total. The summed E-state index contributed by atoms with van der Waals surface area (Å²) >= 11 is 0. The summed E-state index contributed by atoms with van der Waals surface area (Å²) in [5.41, 5.74) is 9.51. The molecule has 0 radical (unpaired) electrons. The lowest BCUT2D eigenvalue weighted by Gasteiger charge is -2.26. The van der Waals surface area contributed by atoms with Crippen molar-refractivity contribution in [2.45, 2.75) is 26.4 Å². The normalized spacial score (nSPS) is 17.1. The van der Waals surface area contributed by atoms with E-state index in [2.05, 4.69) is 47.0 Å². The van der Waals surface area contributed by atoms with E-state index in [1.54, 1.807) is 0 Å². The minimum absolute atomic E-state index is 0.470. The van der Waals surface area contributed by atoms with Crippen LogP contribution in [-0.4, -0.2) is 35.6 Å². The highest BCUT2D eigenvalue weighted by Crippen LogP contribution is 2.27. The molecule has 4 nitrogen and oxygen atoms in total. The molecule has 0 spiro atoms. The minimum Gasteiger partial charge on any atom is -0.399 e. The van der Waals surface area contributed by atoms with Gasteiger partial charge in [0.2, 0.25) is 0 Å². The summed E-state index contributed by atoms with van der Waals surface area (Å²) in [5, 5.41) is 4.71. The molecule has 0 bridgehead atoms. The lowest BCUT2D eigenvalue weighted by atomic mass is 10.1. The van der Waals surface area contributed by atoms with Crippen LogP contribution in [0.4, 0.5) is 5.69 Å². The molecule has 108 valence electrons. The highest BCUT2D eigenvalue weighted by molar-refractivity contribution is 5.87. The Morgan fingerprint density at radius 1 is 1.25 bits per heavy atom. The average Bonchev–Trinajstić information content (AvgIpc) is 2.78. The van der Waals surface area contributed by atoms with E-state index < -0.39 is 0 Å². The summed E-state index contributed by atoms with van der Waals surface area (Å²) < 4.78 is 2.35. The van der Waals surface area contributed by atoms with Crippen LogP contribution in [-0.2, 0) is 6.54 Å². The molecule has 3 rings (SSSR count). The number of nitrogens with two attached hydrogens (primary N) is 1. The highest BCUT2D eigenvalue weighted by atomic mass is 15.2. The van der Waals surface area contributed by atoms with Gasteiger partial charge >= 0.3 is 0 Å². The maximum absolute atomic E-state index is 5.98. The zero-order valence-corrected chi connectivity index (χ0v) is 12.4. The van der Waals surface area contributed by atoms with Crippen LogP contribution in [0, 0.1) is 0 Å². The van der Waals surface area contributed by atoms with Gasteiger partial charge < -0.3 is 15.6 Å². The van der Waals surface area contributed by atoms with Gasteiger partial charge in [0.15, 0.2) is 0 Å². The first-order valence-corrected chi connectivity index (χ1v) is 7.47. The predicted molar refractivity (Wildman–Crippen MR) is 84.9 cm³/mol. The summed E-state index contributed by atoms with van der Waals surface area (Å²) in [6.45, 7) is 9.89. The first-order valence-electron chi connectivity index (χ1n) is 7.47. The molecular formula is C16H24N4. The number of nitrogen functional groups attached to an aromatic ring is 1. The summed E-state index contributed by atoms with van der Waals surface area (Å²) in [6, 6.07) is 6.73. The second-order valence-electron chi connectivity index (χ2n) is 5.96. The zero-order chi connectivity index (χ0) is 14.1. The Morgan fingerprint density at radius 2 is 2.00 bits per heavy atom. The fraction of sp³-hybridized carbons (Fsp3) is 0.500. The minimum atomic E-state index is 0.470. The van der Waals surface area contributed by atoms with Crippen LogP contribution in [0.5, 0.6) is 0 Å². The smallest absolute Gasteiger partial charge is 0.0487 e. The fourth-order valence-corrected chi connectivity index (χ4v) is 3.01.